The SMILES string of the molecule is CCc1ccccc1N1CCC[C@@H](C(=O)CC#N)C1=O. The fraction of sp³-hybridized carbons (Fsp3) is 0.438. The molecule has 1 aromatic rings. The molecule has 1 heterocycles. The molecule has 0 unspecified atom stereocenters. The average Bonchev–Trinajstić information content (AvgIpc) is 2.47. The predicted octanol–water partition coefficient (Wildman–Crippen LogP) is 2.47. The Labute approximate surface area is 119 Å². The predicted molar refractivity (Wildman–Crippen MR) is 76.1 cm³/mol. The highest BCUT2D eigenvalue weighted by Gasteiger charge is 2.34. The lowest BCUT2D eigenvalue weighted by molar-refractivity contribution is -0.133. The van der Waals surface area contributed by atoms with Gasteiger partial charge in [0, 0.05) is 12.2 Å². The quantitative estimate of drug-likeness (QED) is 0.790. The van der Waals surface area contributed by atoms with Crippen LogP contribution in [0.15, 0.2) is 24.3 Å². The van der Waals surface area contributed by atoms with Crippen LogP contribution in [0.25, 0.3) is 0 Å². The molecule has 0 aromatic heterocycles. The highest BCUT2D eigenvalue weighted by molar-refractivity contribution is 6.09. The lowest BCUT2D eigenvalue weighted by Crippen LogP contribution is -2.44. The minimum absolute atomic E-state index is 0.155. The molecule has 1 aliphatic heterocycles. The Morgan fingerprint density at radius 1 is 1.45 bits per heavy atom. The van der Waals surface area contributed by atoms with Crippen molar-refractivity contribution in [2.75, 3.05) is 11.4 Å². The normalized spacial score (nSPS) is 18.7. The summed E-state index contributed by atoms with van der Waals surface area (Å²) < 4.78 is 0. The van der Waals surface area contributed by atoms with E-state index < -0.39 is 5.92 Å². The molecular formula is C16H18N2O2. The van der Waals surface area contributed by atoms with Crippen LogP contribution in [-0.2, 0) is 16.0 Å². The van der Waals surface area contributed by atoms with Crippen molar-refractivity contribution < 1.29 is 9.59 Å². The molecule has 0 bridgehead atoms. The second-order valence-corrected chi connectivity index (χ2v) is 4.97. The first-order chi connectivity index (χ1) is 9.69. The first kappa shape index (κ1) is 14.3. The van der Waals surface area contributed by atoms with Crippen LogP contribution in [0.3, 0.4) is 0 Å². The van der Waals surface area contributed by atoms with Gasteiger partial charge >= 0.3 is 0 Å². The largest absolute Gasteiger partial charge is 0.312 e. The van der Waals surface area contributed by atoms with Gasteiger partial charge in [0.2, 0.25) is 5.91 Å². The summed E-state index contributed by atoms with van der Waals surface area (Å²) in [4.78, 5) is 26.1. The number of ketones is 1. The zero-order valence-electron chi connectivity index (χ0n) is 11.6. The molecule has 0 saturated carbocycles. The number of Topliss-reactive ketones (excluding diaryl/α,β-unsaturated/α-hetero) is 1. The van der Waals surface area contributed by atoms with Crippen LogP contribution in [0, 0.1) is 17.2 Å². The third-order valence-electron chi connectivity index (χ3n) is 3.74. The topological polar surface area (TPSA) is 61.2 Å². The molecule has 1 atom stereocenters. The molecule has 1 aromatic carbocycles. The molecule has 1 amide bonds. The summed E-state index contributed by atoms with van der Waals surface area (Å²) in [5, 5.41) is 8.62. The molecule has 0 spiro atoms. The highest BCUT2D eigenvalue weighted by Crippen LogP contribution is 2.28. The van der Waals surface area contributed by atoms with Gasteiger partial charge in [-0.15, -0.1) is 0 Å². The Morgan fingerprint density at radius 2 is 2.20 bits per heavy atom. The zero-order chi connectivity index (χ0) is 14.5. The number of piperidine rings is 1. The monoisotopic (exact) mass is 270 g/mol. The maximum absolute atomic E-state index is 12.5. The first-order valence-corrected chi connectivity index (χ1v) is 6.98. The van der Waals surface area contributed by atoms with Gasteiger partial charge in [-0.05, 0) is 30.9 Å². The van der Waals surface area contributed by atoms with E-state index in [1.54, 1.807) is 4.90 Å². The van der Waals surface area contributed by atoms with Gasteiger partial charge in [-0.1, -0.05) is 25.1 Å². The summed E-state index contributed by atoms with van der Waals surface area (Å²) in [6, 6.07) is 9.63. The van der Waals surface area contributed by atoms with Gasteiger partial charge in [-0.25, -0.2) is 0 Å². The summed E-state index contributed by atoms with van der Waals surface area (Å²) in [6.07, 6.45) is 2.02. The maximum atomic E-state index is 12.5. The molecule has 1 saturated heterocycles. The molecule has 0 aliphatic carbocycles. The summed E-state index contributed by atoms with van der Waals surface area (Å²) in [5.41, 5.74) is 2.00. The molecule has 20 heavy (non-hydrogen) atoms. The molecule has 0 N–H and O–H groups in total. The number of anilines is 1. The van der Waals surface area contributed by atoms with E-state index in [-0.39, 0.29) is 18.1 Å². The molecular weight excluding hydrogens is 252 g/mol. The van der Waals surface area contributed by atoms with Crippen molar-refractivity contribution >= 4 is 17.4 Å². The standard InChI is InChI=1S/C16H18N2O2/c1-2-12-6-3-4-8-14(12)18-11-5-7-13(16(18)20)15(19)9-10-17/h3-4,6,8,13H,2,5,7,9,11H2,1H3/t13-/m0/s1. The van der Waals surface area contributed by atoms with E-state index in [4.69, 9.17) is 5.26 Å². The number of amides is 1. The maximum Gasteiger partial charge on any atom is 0.237 e. The fourth-order valence-electron chi connectivity index (χ4n) is 2.69. The van der Waals surface area contributed by atoms with Crippen molar-refractivity contribution in [1.29, 1.82) is 5.26 Å². The van der Waals surface area contributed by atoms with Crippen LogP contribution in [0.1, 0.15) is 31.7 Å². The molecule has 1 fully saturated rings. The Balaban J connectivity index is 2.27. The van der Waals surface area contributed by atoms with Crippen molar-refractivity contribution in [3.63, 3.8) is 0 Å². The van der Waals surface area contributed by atoms with Gasteiger partial charge in [0.05, 0.1) is 18.4 Å². The number of rotatable bonds is 4. The molecule has 4 nitrogen and oxygen atoms in total. The van der Waals surface area contributed by atoms with Crippen LogP contribution < -0.4 is 4.90 Å². The second-order valence-electron chi connectivity index (χ2n) is 4.97. The van der Waals surface area contributed by atoms with Gasteiger partial charge in [0.1, 0.15) is 0 Å². The van der Waals surface area contributed by atoms with Gasteiger partial charge in [0.25, 0.3) is 0 Å². The van der Waals surface area contributed by atoms with Crippen LogP contribution in [0.5, 0.6) is 0 Å². The van der Waals surface area contributed by atoms with E-state index in [1.807, 2.05) is 37.3 Å². The second kappa shape index (κ2) is 6.33. The lowest BCUT2D eigenvalue weighted by atomic mass is 9.90. The number of carbonyl (C=O) groups excluding carboxylic acids is 2. The number of hydrogen-bond donors (Lipinski definition) is 0. The van der Waals surface area contributed by atoms with Gasteiger partial charge in [-0.3, -0.25) is 9.59 Å². The van der Waals surface area contributed by atoms with Crippen molar-refractivity contribution in [2.24, 2.45) is 5.92 Å². The highest BCUT2D eigenvalue weighted by atomic mass is 16.2. The Hall–Kier alpha value is -2.15. The van der Waals surface area contributed by atoms with Crippen LogP contribution in [-0.4, -0.2) is 18.2 Å². The summed E-state index contributed by atoms with van der Waals surface area (Å²) in [5.74, 6) is -1.05. The molecule has 2 rings (SSSR count). The van der Waals surface area contributed by atoms with E-state index >= 15 is 0 Å². The Bertz CT molecular complexity index is 560. The van der Waals surface area contributed by atoms with Crippen LogP contribution >= 0.6 is 0 Å². The summed E-state index contributed by atoms with van der Waals surface area (Å²) in [7, 11) is 0. The minimum atomic E-state index is -0.645. The van der Waals surface area contributed by atoms with Crippen LogP contribution in [0.2, 0.25) is 0 Å². The number of hydrogen-bond acceptors (Lipinski definition) is 3. The molecule has 4 heteroatoms. The summed E-state index contributed by atoms with van der Waals surface area (Å²) in [6.45, 7) is 2.69. The zero-order valence-corrected chi connectivity index (χ0v) is 11.6. The number of nitrogens with zero attached hydrogens (tertiary/aromatic N) is 2. The van der Waals surface area contributed by atoms with Gasteiger partial charge in [0.15, 0.2) is 5.78 Å². The summed E-state index contributed by atoms with van der Waals surface area (Å²) >= 11 is 0. The number of nitriles is 1. The first-order valence-electron chi connectivity index (χ1n) is 6.98. The third kappa shape index (κ3) is 2.72. The smallest absolute Gasteiger partial charge is 0.237 e. The van der Waals surface area contributed by atoms with E-state index in [0.29, 0.717) is 13.0 Å². The van der Waals surface area contributed by atoms with E-state index in [2.05, 4.69) is 0 Å². The van der Waals surface area contributed by atoms with Crippen molar-refractivity contribution in [1.82, 2.24) is 0 Å². The van der Waals surface area contributed by atoms with Crippen molar-refractivity contribution in [3.8, 4) is 6.07 Å². The molecule has 1 aliphatic rings. The Morgan fingerprint density at radius 3 is 2.90 bits per heavy atom. The number of aryl methyl sites for hydroxylation is 1. The fourth-order valence-corrected chi connectivity index (χ4v) is 2.69. The number of carbonyl (C=O) groups is 2. The number of para-hydroxylation sites is 1. The number of benzene rings is 1. The van der Waals surface area contributed by atoms with Gasteiger partial charge < -0.3 is 4.90 Å². The third-order valence-corrected chi connectivity index (χ3v) is 3.74. The Kier molecular flexibility index (Phi) is 4.52. The lowest BCUT2D eigenvalue weighted by Gasteiger charge is -2.32. The molecule has 104 valence electrons. The average molecular weight is 270 g/mol. The van der Waals surface area contributed by atoms with E-state index in [9.17, 15) is 9.59 Å². The van der Waals surface area contributed by atoms with E-state index in [0.717, 1.165) is 24.1 Å². The molecule has 0 radical (unpaired) electrons. The minimum Gasteiger partial charge on any atom is -0.312 e. The van der Waals surface area contributed by atoms with Gasteiger partial charge in [-0.2, -0.15) is 5.26 Å². The van der Waals surface area contributed by atoms with Crippen molar-refractivity contribution in [2.45, 2.75) is 32.6 Å². The van der Waals surface area contributed by atoms with Crippen LogP contribution in [0.4, 0.5) is 5.69 Å². The van der Waals surface area contributed by atoms with Crippen molar-refractivity contribution in [3.05, 3.63) is 29.8 Å². The van der Waals surface area contributed by atoms with E-state index in [1.165, 1.54) is 0 Å².